The van der Waals surface area contributed by atoms with Crippen LogP contribution in [0.5, 0.6) is 0 Å². The summed E-state index contributed by atoms with van der Waals surface area (Å²) in [5, 5.41) is 3.15. The molecule has 0 fully saturated rings. The molecule has 1 aromatic carbocycles. The van der Waals surface area contributed by atoms with Gasteiger partial charge in [-0.15, -0.1) is 0 Å². The Morgan fingerprint density at radius 2 is 2.16 bits per heavy atom. The second kappa shape index (κ2) is 6.15. The summed E-state index contributed by atoms with van der Waals surface area (Å²) >= 11 is 0. The van der Waals surface area contributed by atoms with Crippen LogP contribution in [0.1, 0.15) is 36.9 Å². The van der Waals surface area contributed by atoms with Gasteiger partial charge in [0, 0.05) is 5.56 Å². The molecule has 0 amide bonds. The summed E-state index contributed by atoms with van der Waals surface area (Å²) in [6, 6.07) is 2.33. The first-order chi connectivity index (χ1) is 9.15. The molecular formula is C15H19F2NO. The maximum absolute atomic E-state index is 14.2. The third-order valence-electron chi connectivity index (χ3n) is 3.35. The summed E-state index contributed by atoms with van der Waals surface area (Å²) in [6.45, 7) is 4.87. The molecule has 2 nitrogen and oxygen atoms in total. The number of hydrogen-bond acceptors (Lipinski definition) is 2. The van der Waals surface area contributed by atoms with Gasteiger partial charge in [-0.25, -0.2) is 8.78 Å². The van der Waals surface area contributed by atoms with Crippen molar-refractivity contribution in [2.75, 3.05) is 13.2 Å². The van der Waals surface area contributed by atoms with Gasteiger partial charge >= 0.3 is 0 Å². The molecule has 2 rings (SSSR count). The maximum atomic E-state index is 14.2. The van der Waals surface area contributed by atoms with Gasteiger partial charge in [-0.1, -0.05) is 13.0 Å². The van der Waals surface area contributed by atoms with Gasteiger partial charge in [0.2, 0.25) is 0 Å². The Labute approximate surface area is 112 Å². The largest absolute Gasteiger partial charge is 0.501 e. The van der Waals surface area contributed by atoms with E-state index in [1.54, 1.807) is 13.2 Å². The molecule has 0 saturated carbocycles. The Balaban J connectivity index is 2.44. The number of hydrogen-bond donors (Lipinski definition) is 1. The Bertz CT molecular complexity index is 485. The van der Waals surface area contributed by atoms with Gasteiger partial charge in [-0.05, 0) is 43.5 Å². The monoisotopic (exact) mass is 267 g/mol. The highest BCUT2D eigenvalue weighted by molar-refractivity contribution is 5.34. The summed E-state index contributed by atoms with van der Waals surface area (Å²) in [5.41, 5.74) is 1.45. The topological polar surface area (TPSA) is 21.3 Å². The zero-order valence-corrected chi connectivity index (χ0v) is 11.3. The average Bonchev–Trinajstić information content (AvgIpc) is 2.43. The lowest BCUT2D eigenvalue weighted by atomic mass is 9.93. The minimum Gasteiger partial charge on any atom is -0.501 e. The molecule has 1 aromatic rings. The number of nitrogens with one attached hydrogen (secondary N) is 1. The van der Waals surface area contributed by atoms with Crippen molar-refractivity contribution in [2.24, 2.45) is 0 Å². The molecule has 1 N–H and O–H groups in total. The molecule has 0 aliphatic carbocycles. The molecule has 0 bridgehead atoms. The molecule has 1 aliphatic rings. The van der Waals surface area contributed by atoms with Gasteiger partial charge in [0.1, 0.15) is 11.6 Å². The lowest BCUT2D eigenvalue weighted by molar-refractivity contribution is 0.219. The Hall–Kier alpha value is -1.42. The number of rotatable bonds is 4. The Kier molecular flexibility index (Phi) is 4.53. The molecule has 0 saturated heterocycles. The zero-order valence-electron chi connectivity index (χ0n) is 11.3. The molecular weight excluding hydrogens is 248 g/mol. The summed E-state index contributed by atoms with van der Waals surface area (Å²) in [7, 11) is 0. The fraction of sp³-hybridized carbons (Fsp3) is 0.467. The molecule has 1 aliphatic heterocycles. The van der Waals surface area contributed by atoms with E-state index in [1.807, 2.05) is 6.92 Å². The summed E-state index contributed by atoms with van der Waals surface area (Å²) in [4.78, 5) is 0. The van der Waals surface area contributed by atoms with E-state index in [1.165, 1.54) is 12.1 Å². The van der Waals surface area contributed by atoms with Crippen molar-refractivity contribution in [1.82, 2.24) is 5.32 Å². The van der Waals surface area contributed by atoms with E-state index >= 15 is 0 Å². The van der Waals surface area contributed by atoms with E-state index in [2.05, 4.69) is 5.32 Å². The van der Waals surface area contributed by atoms with Crippen LogP contribution in [0, 0.1) is 18.6 Å². The summed E-state index contributed by atoms with van der Waals surface area (Å²) < 4.78 is 33.5. The van der Waals surface area contributed by atoms with Crippen molar-refractivity contribution in [3.8, 4) is 0 Å². The smallest absolute Gasteiger partial charge is 0.134 e. The number of aryl methyl sites for hydroxylation is 1. The van der Waals surface area contributed by atoms with Gasteiger partial charge in [-0.3, -0.25) is 0 Å². The van der Waals surface area contributed by atoms with Gasteiger partial charge < -0.3 is 10.1 Å². The highest BCUT2D eigenvalue weighted by Crippen LogP contribution is 2.32. The van der Waals surface area contributed by atoms with E-state index in [4.69, 9.17) is 4.74 Å². The second-order valence-electron chi connectivity index (χ2n) is 4.75. The third-order valence-corrected chi connectivity index (χ3v) is 3.35. The molecule has 0 radical (unpaired) electrons. The van der Waals surface area contributed by atoms with Crippen LogP contribution in [0.15, 0.2) is 24.0 Å². The van der Waals surface area contributed by atoms with Crippen LogP contribution in [0.2, 0.25) is 0 Å². The van der Waals surface area contributed by atoms with Crippen LogP contribution < -0.4 is 5.32 Å². The Morgan fingerprint density at radius 1 is 1.37 bits per heavy atom. The number of benzene rings is 1. The van der Waals surface area contributed by atoms with Crippen LogP contribution in [0.3, 0.4) is 0 Å². The number of likely N-dealkylation sites (N-methyl/N-ethyl adjacent to an activating group) is 1. The first-order valence-corrected chi connectivity index (χ1v) is 6.63. The molecule has 0 spiro atoms. The fourth-order valence-electron chi connectivity index (χ4n) is 2.36. The molecule has 4 heteroatoms. The highest BCUT2D eigenvalue weighted by atomic mass is 19.1. The first-order valence-electron chi connectivity index (χ1n) is 6.63. The van der Waals surface area contributed by atoms with Crippen LogP contribution in [-0.2, 0) is 4.74 Å². The number of ether oxygens (including phenoxy) is 1. The highest BCUT2D eigenvalue weighted by Gasteiger charge is 2.25. The second-order valence-corrected chi connectivity index (χ2v) is 4.75. The van der Waals surface area contributed by atoms with E-state index < -0.39 is 17.7 Å². The molecule has 19 heavy (non-hydrogen) atoms. The van der Waals surface area contributed by atoms with Crippen LogP contribution in [-0.4, -0.2) is 13.2 Å². The fourth-order valence-corrected chi connectivity index (χ4v) is 2.36. The van der Waals surface area contributed by atoms with Crippen LogP contribution >= 0.6 is 0 Å². The molecule has 0 aromatic heterocycles. The minimum atomic E-state index is -0.513. The van der Waals surface area contributed by atoms with E-state index in [0.29, 0.717) is 18.7 Å². The van der Waals surface area contributed by atoms with Gasteiger partial charge in [0.05, 0.1) is 18.9 Å². The van der Waals surface area contributed by atoms with Gasteiger partial charge in [0.15, 0.2) is 0 Å². The lowest BCUT2D eigenvalue weighted by Crippen LogP contribution is -2.26. The average molecular weight is 267 g/mol. The number of halogens is 2. The molecule has 104 valence electrons. The van der Waals surface area contributed by atoms with Gasteiger partial charge in [-0.2, -0.15) is 0 Å². The zero-order chi connectivity index (χ0) is 13.8. The van der Waals surface area contributed by atoms with Crippen molar-refractivity contribution in [3.05, 3.63) is 46.7 Å². The summed E-state index contributed by atoms with van der Waals surface area (Å²) in [6.07, 6.45) is 3.31. The van der Waals surface area contributed by atoms with Crippen molar-refractivity contribution < 1.29 is 13.5 Å². The summed E-state index contributed by atoms with van der Waals surface area (Å²) in [5.74, 6) is -0.988. The molecule has 1 heterocycles. The molecule has 1 unspecified atom stereocenters. The normalized spacial score (nSPS) is 16.7. The Morgan fingerprint density at radius 3 is 2.79 bits per heavy atom. The maximum Gasteiger partial charge on any atom is 0.134 e. The predicted molar refractivity (Wildman–Crippen MR) is 70.8 cm³/mol. The van der Waals surface area contributed by atoms with Crippen molar-refractivity contribution in [3.63, 3.8) is 0 Å². The quantitative estimate of drug-likeness (QED) is 0.899. The van der Waals surface area contributed by atoms with Crippen LogP contribution in [0.4, 0.5) is 8.78 Å². The molecule has 1 atom stereocenters. The van der Waals surface area contributed by atoms with Crippen molar-refractivity contribution >= 4 is 0 Å². The standard InChI is InChI=1S/C15H19F2NO/c1-3-18-15(11-5-4-8-19-9-11)13-12(16)7-6-10(2)14(13)17/h6-7,9,15,18H,3-5,8H2,1-2H3. The first kappa shape index (κ1) is 14.0. The van der Waals surface area contributed by atoms with Crippen molar-refractivity contribution in [2.45, 2.75) is 32.7 Å². The third kappa shape index (κ3) is 2.95. The lowest BCUT2D eigenvalue weighted by Gasteiger charge is -2.25. The van der Waals surface area contributed by atoms with E-state index in [9.17, 15) is 8.78 Å². The van der Waals surface area contributed by atoms with Gasteiger partial charge in [0.25, 0.3) is 0 Å². The van der Waals surface area contributed by atoms with E-state index in [-0.39, 0.29) is 5.56 Å². The predicted octanol–water partition coefficient (Wildman–Crippen LogP) is 3.62. The SMILES string of the molecule is CCNC(C1=COCCC1)c1c(F)ccc(C)c1F. The van der Waals surface area contributed by atoms with Crippen molar-refractivity contribution in [1.29, 1.82) is 0 Å². The van der Waals surface area contributed by atoms with Crippen LogP contribution in [0.25, 0.3) is 0 Å². The van der Waals surface area contributed by atoms with E-state index in [0.717, 1.165) is 18.4 Å². The minimum absolute atomic E-state index is 0.0959.